The van der Waals surface area contributed by atoms with Crippen molar-refractivity contribution in [1.82, 2.24) is 10.3 Å². The lowest BCUT2D eigenvalue weighted by atomic mass is 9.94. The summed E-state index contributed by atoms with van der Waals surface area (Å²) in [7, 11) is 0. The van der Waals surface area contributed by atoms with E-state index in [9.17, 15) is 0 Å². The zero-order chi connectivity index (χ0) is 13.1. The van der Waals surface area contributed by atoms with Crippen LogP contribution in [0.1, 0.15) is 17.2 Å². The van der Waals surface area contributed by atoms with Crippen LogP contribution in [0, 0.1) is 0 Å². The van der Waals surface area contributed by atoms with E-state index in [1.54, 1.807) is 6.20 Å². The molecule has 0 aliphatic carbocycles. The first-order valence-corrected chi connectivity index (χ1v) is 6.88. The first-order valence-electron chi connectivity index (χ1n) is 6.50. The predicted octanol–water partition coefficient (Wildman–Crippen LogP) is 3.03. The number of rotatable bonds is 3. The van der Waals surface area contributed by atoms with E-state index in [0.717, 1.165) is 25.3 Å². The molecule has 3 rings (SSSR count). The largest absolute Gasteiger partial charge is 0.367 e. The average Bonchev–Trinajstić information content (AvgIpc) is 2.46. The second kappa shape index (κ2) is 5.59. The van der Waals surface area contributed by atoms with Gasteiger partial charge in [-0.1, -0.05) is 35.9 Å². The fraction of sp³-hybridized carbons (Fsp3) is 0.267. The van der Waals surface area contributed by atoms with Gasteiger partial charge in [-0.25, -0.2) is 4.98 Å². The van der Waals surface area contributed by atoms with Crippen LogP contribution < -0.4 is 10.6 Å². The highest BCUT2D eigenvalue weighted by molar-refractivity contribution is 6.32. The molecule has 1 unspecified atom stereocenters. The number of fused-ring (bicyclic) bond motifs is 1. The molecule has 1 atom stereocenters. The van der Waals surface area contributed by atoms with Crippen LogP contribution >= 0.6 is 11.6 Å². The van der Waals surface area contributed by atoms with Crippen LogP contribution in [0.5, 0.6) is 0 Å². The van der Waals surface area contributed by atoms with Gasteiger partial charge in [-0.15, -0.1) is 0 Å². The topological polar surface area (TPSA) is 37.0 Å². The third-order valence-electron chi connectivity index (χ3n) is 3.45. The minimum absolute atomic E-state index is 0.308. The fourth-order valence-corrected chi connectivity index (χ4v) is 2.68. The summed E-state index contributed by atoms with van der Waals surface area (Å²) in [5.41, 5.74) is 2.80. The van der Waals surface area contributed by atoms with Crippen molar-refractivity contribution in [2.75, 3.05) is 18.4 Å². The summed E-state index contributed by atoms with van der Waals surface area (Å²) in [6, 6.07) is 12.6. The molecule has 0 fully saturated rings. The van der Waals surface area contributed by atoms with E-state index in [1.165, 1.54) is 11.1 Å². The van der Waals surface area contributed by atoms with Gasteiger partial charge in [0.25, 0.3) is 0 Å². The maximum absolute atomic E-state index is 6.10. The van der Waals surface area contributed by atoms with E-state index in [2.05, 4.69) is 39.9 Å². The minimum Gasteiger partial charge on any atom is -0.367 e. The van der Waals surface area contributed by atoms with Crippen molar-refractivity contribution in [3.8, 4) is 0 Å². The van der Waals surface area contributed by atoms with Gasteiger partial charge in [0, 0.05) is 18.8 Å². The van der Waals surface area contributed by atoms with Crippen molar-refractivity contribution in [1.29, 1.82) is 0 Å². The highest BCUT2D eigenvalue weighted by Crippen LogP contribution is 2.24. The molecular weight excluding hydrogens is 258 g/mol. The predicted molar refractivity (Wildman–Crippen MR) is 78.6 cm³/mol. The van der Waals surface area contributed by atoms with E-state index < -0.39 is 0 Å². The molecule has 2 heterocycles. The van der Waals surface area contributed by atoms with Gasteiger partial charge in [0.15, 0.2) is 0 Å². The summed E-state index contributed by atoms with van der Waals surface area (Å²) in [4.78, 5) is 4.25. The Morgan fingerprint density at radius 1 is 1.26 bits per heavy atom. The monoisotopic (exact) mass is 273 g/mol. The van der Waals surface area contributed by atoms with Crippen LogP contribution in [0.25, 0.3) is 0 Å². The van der Waals surface area contributed by atoms with E-state index in [4.69, 9.17) is 11.6 Å². The summed E-state index contributed by atoms with van der Waals surface area (Å²) < 4.78 is 0. The summed E-state index contributed by atoms with van der Waals surface area (Å²) in [5, 5.41) is 7.51. The van der Waals surface area contributed by atoms with Crippen LogP contribution in [0.4, 0.5) is 5.82 Å². The molecule has 0 spiro atoms. The number of benzene rings is 1. The van der Waals surface area contributed by atoms with Gasteiger partial charge in [-0.05, 0) is 36.2 Å². The lowest BCUT2D eigenvalue weighted by Crippen LogP contribution is -2.34. The average molecular weight is 274 g/mol. The molecule has 1 aliphatic rings. The Morgan fingerprint density at radius 2 is 2.16 bits per heavy atom. The number of hydrogen-bond acceptors (Lipinski definition) is 3. The number of nitrogens with zero attached hydrogens (tertiary/aromatic N) is 1. The molecule has 0 radical (unpaired) electrons. The van der Waals surface area contributed by atoms with Gasteiger partial charge in [0.05, 0.1) is 5.02 Å². The molecule has 1 aromatic heterocycles. The Labute approximate surface area is 118 Å². The zero-order valence-electron chi connectivity index (χ0n) is 10.6. The van der Waals surface area contributed by atoms with E-state index >= 15 is 0 Å². The standard InChI is InChI=1S/C15H16ClN3/c16-13-6-3-8-18-15(13)19-10-14-12-5-2-1-4-11(12)7-9-17-14/h1-6,8,14,17H,7,9-10H2,(H,18,19). The number of pyridine rings is 1. The van der Waals surface area contributed by atoms with E-state index in [-0.39, 0.29) is 0 Å². The van der Waals surface area contributed by atoms with Crippen molar-refractivity contribution < 1.29 is 0 Å². The van der Waals surface area contributed by atoms with Gasteiger partial charge in [-0.3, -0.25) is 0 Å². The number of aromatic nitrogens is 1. The molecule has 19 heavy (non-hydrogen) atoms. The van der Waals surface area contributed by atoms with Crippen molar-refractivity contribution in [3.05, 3.63) is 58.7 Å². The summed E-state index contributed by atoms with van der Waals surface area (Å²) in [5.74, 6) is 0.744. The molecule has 0 saturated heterocycles. The van der Waals surface area contributed by atoms with Crippen LogP contribution in [0.2, 0.25) is 5.02 Å². The molecule has 3 nitrogen and oxygen atoms in total. The van der Waals surface area contributed by atoms with Crippen molar-refractivity contribution in [2.45, 2.75) is 12.5 Å². The quantitative estimate of drug-likeness (QED) is 0.903. The highest BCUT2D eigenvalue weighted by Gasteiger charge is 2.18. The van der Waals surface area contributed by atoms with Gasteiger partial charge in [-0.2, -0.15) is 0 Å². The second-order valence-electron chi connectivity index (χ2n) is 4.67. The fourth-order valence-electron chi connectivity index (χ4n) is 2.49. The summed E-state index contributed by atoms with van der Waals surface area (Å²) in [6.45, 7) is 1.80. The molecule has 4 heteroatoms. The van der Waals surface area contributed by atoms with Crippen LogP contribution in [-0.2, 0) is 6.42 Å². The summed E-state index contributed by atoms with van der Waals surface area (Å²) >= 11 is 6.10. The normalized spacial score (nSPS) is 17.8. The Balaban J connectivity index is 1.73. The molecule has 2 N–H and O–H groups in total. The smallest absolute Gasteiger partial charge is 0.144 e. The molecule has 0 bridgehead atoms. The molecule has 0 saturated carbocycles. The minimum atomic E-state index is 0.308. The summed E-state index contributed by atoms with van der Waals surface area (Å²) in [6.07, 6.45) is 2.84. The van der Waals surface area contributed by atoms with E-state index in [0.29, 0.717) is 11.1 Å². The van der Waals surface area contributed by atoms with Crippen molar-refractivity contribution in [2.24, 2.45) is 0 Å². The highest BCUT2D eigenvalue weighted by atomic mass is 35.5. The Hall–Kier alpha value is -1.58. The maximum Gasteiger partial charge on any atom is 0.144 e. The number of hydrogen-bond donors (Lipinski definition) is 2. The van der Waals surface area contributed by atoms with Crippen LogP contribution in [0.15, 0.2) is 42.6 Å². The van der Waals surface area contributed by atoms with Gasteiger partial charge < -0.3 is 10.6 Å². The Morgan fingerprint density at radius 3 is 3.05 bits per heavy atom. The molecule has 1 aromatic carbocycles. The first-order chi connectivity index (χ1) is 9.34. The van der Waals surface area contributed by atoms with Crippen molar-refractivity contribution >= 4 is 17.4 Å². The maximum atomic E-state index is 6.10. The molecule has 98 valence electrons. The van der Waals surface area contributed by atoms with Crippen LogP contribution in [0.3, 0.4) is 0 Å². The molecule has 2 aromatic rings. The van der Waals surface area contributed by atoms with Crippen molar-refractivity contribution in [3.63, 3.8) is 0 Å². The third-order valence-corrected chi connectivity index (χ3v) is 3.75. The Bertz CT molecular complexity index is 571. The van der Waals surface area contributed by atoms with Crippen LogP contribution in [-0.4, -0.2) is 18.1 Å². The zero-order valence-corrected chi connectivity index (χ0v) is 11.3. The second-order valence-corrected chi connectivity index (χ2v) is 5.08. The molecular formula is C15H16ClN3. The number of nitrogens with one attached hydrogen (secondary N) is 2. The number of halogens is 1. The lowest BCUT2D eigenvalue weighted by molar-refractivity contribution is 0.523. The number of anilines is 1. The lowest BCUT2D eigenvalue weighted by Gasteiger charge is -2.27. The third kappa shape index (κ3) is 2.72. The first kappa shape index (κ1) is 12.5. The Kier molecular flexibility index (Phi) is 3.67. The van der Waals surface area contributed by atoms with E-state index in [1.807, 2.05) is 12.1 Å². The molecule has 1 aliphatic heterocycles. The SMILES string of the molecule is Clc1cccnc1NCC1NCCc2ccccc21. The van der Waals surface area contributed by atoms with Gasteiger partial charge in [0.2, 0.25) is 0 Å². The molecule has 0 amide bonds. The van der Waals surface area contributed by atoms with Gasteiger partial charge >= 0.3 is 0 Å². The van der Waals surface area contributed by atoms with Gasteiger partial charge in [0.1, 0.15) is 5.82 Å².